The van der Waals surface area contributed by atoms with Crippen molar-refractivity contribution in [2.24, 2.45) is 0 Å². The van der Waals surface area contributed by atoms with E-state index in [1.54, 1.807) is 17.0 Å². The number of carboxylic acids is 1. The van der Waals surface area contributed by atoms with Crippen LogP contribution in [0.2, 0.25) is 0 Å². The van der Waals surface area contributed by atoms with Crippen molar-refractivity contribution in [3.63, 3.8) is 0 Å². The summed E-state index contributed by atoms with van der Waals surface area (Å²) in [6, 6.07) is 15.8. The predicted octanol–water partition coefficient (Wildman–Crippen LogP) is 2.09. The Morgan fingerprint density at radius 3 is 2.35 bits per heavy atom. The minimum absolute atomic E-state index is 0.0270. The number of nitrogens with one attached hydrogen (secondary N) is 1. The molecule has 2 rings (SSSR count). The zero-order valence-electron chi connectivity index (χ0n) is 14.6. The van der Waals surface area contributed by atoms with Crippen molar-refractivity contribution < 1.29 is 19.5 Å². The SMILES string of the molecule is CCN(Cc1ccccc1)C(=O)CNC(=O)Cc1cccc(C(=O)O)c1. The highest BCUT2D eigenvalue weighted by Crippen LogP contribution is 2.07. The van der Waals surface area contributed by atoms with E-state index in [-0.39, 0.29) is 30.3 Å². The second-order valence-corrected chi connectivity index (χ2v) is 5.85. The molecule has 2 amide bonds. The number of hydrogen-bond acceptors (Lipinski definition) is 3. The molecule has 0 aromatic heterocycles. The van der Waals surface area contributed by atoms with E-state index in [4.69, 9.17) is 5.11 Å². The fraction of sp³-hybridized carbons (Fsp3) is 0.250. The molecule has 0 radical (unpaired) electrons. The van der Waals surface area contributed by atoms with E-state index in [0.717, 1.165) is 5.56 Å². The molecule has 6 nitrogen and oxygen atoms in total. The summed E-state index contributed by atoms with van der Waals surface area (Å²) in [6.07, 6.45) is 0.0270. The summed E-state index contributed by atoms with van der Waals surface area (Å²) in [7, 11) is 0. The van der Waals surface area contributed by atoms with E-state index < -0.39 is 5.97 Å². The summed E-state index contributed by atoms with van der Waals surface area (Å²) in [4.78, 5) is 37.0. The third-order valence-electron chi connectivity index (χ3n) is 3.93. The Balaban J connectivity index is 1.86. The summed E-state index contributed by atoms with van der Waals surface area (Å²) in [5.41, 5.74) is 1.75. The Morgan fingerprint density at radius 2 is 1.69 bits per heavy atom. The number of aromatic carboxylic acids is 1. The molecule has 26 heavy (non-hydrogen) atoms. The number of amides is 2. The second-order valence-electron chi connectivity index (χ2n) is 5.85. The molecule has 0 aliphatic carbocycles. The monoisotopic (exact) mass is 354 g/mol. The van der Waals surface area contributed by atoms with Gasteiger partial charge in [0.15, 0.2) is 0 Å². The first-order chi connectivity index (χ1) is 12.5. The van der Waals surface area contributed by atoms with Crippen LogP contribution in [0.4, 0.5) is 0 Å². The van der Waals surface area contributed by atoms with Crippen molar-refractivity contribution in [2.45, 2.75) is 19.9 Å². The first-order valence-corrected chi connectivity index (χ1v) is 8.40. The molecule has 2 aromatic rings. The lowest BCUT2D eigenvalue weighted by Crippen LogP contribution is -2.40. The minimum atomic E-state index is -1.04. The highest BCUT2D eigenvalue weighted by Gasteiger charge is 2.14. The van der Waals surface area contributed by atoms with Crippen LogP contribution >= 0.6 is 0 Å². The Morgan fingerprint density at radius 1 is 1.00 bits per heavy atom. The second kappa shape index (κ2) is 9.36. The van der Waals surface area contributed by atoms with E-state index in [9.17, 15) is 14.4 Å². The topological polar surface area (TPSA) is 86.7 Å². The maximum atomic E-state index is 12.3. The Kier molecular flexibility index (Phi) is 6.91. The van der Waals surface area contributed by atoms with E-state index in [0.29, 0.717) is 18.7 Å². The lowest BCUT2D eigenvalue weighted by atomic mass is 10.1. The number of carboxylic acid groups (broad SMARTS) is 1. The van der Waals surface area contributed by atoms with Crippen molar-refractivity contribution in [1.82, 2.24) is 10.2 Å². The Bertz CT molecular complexity index is 774. The van der Waals surface area contributed by atoms with Gasteiger partial charge in [-0.2, -0.15) is 0 Å². The van der Waals surface area contributed by atoms with Gasteiger partial charge in [0, 0.05) is 13.1 Å². The summed E-state index contributed by atoms with van der Waals surface area (Å²) in [5.74, 6) is -1.53. The van der Waals surface area contributed by atoms with E-state index in [1.807, 2.05) is 37.3 Å². The average molecular weight is 354 g/mol. The third-order valence-corrected chi connectivity index (χ3v) is 3.93. The number of nitrogens with zero attached hydrogens (tertiary/aromatic N) is 1. The van der Waals surface area contributed by atoms with Gasteiger partial charge in [-0.25, -0.2) is 4.79 Å². The Hall–Kier alpha value is -3.15. The smallest absolute Gasteiger partial charge is 0.335 e. The maximum Gasteiger partial charge on any atom is 0.335 e. The quantitative estimate of drug-likeness (QED) is 0.760. The van der Waals surface area contributed by atoms with E-state index in [1.165, 1.54) is 12.1 Å². The van der Waals surface area contributed by atoms with Gasteiger partial charge in [0.25, 0.3) is 0 Å². The largest absolute Gasteiger partial charge is 0.478 e. The summed E-state index contributed by atoms with van der Waals surface area (Å²) in [6.45, 7) is 2.84. The van der Waals surface area contributed by atoms with Gasteiger partial charge >= 0.3 is 5.97 Å². The predicted molar refractivity (Wildman–Crippen MR) is 97.6 cm³/mol. The van der Waals surface area contributed by atoms with E-state index >= 15 is 0 Å². The normalized spacial score (nSPS) is 10.2. The number of rotatable bonds is 8. The fourth-order valence-corrected chi connectivity index (χ4v) is 2.53. The molecule has 0 atom stereocenters. The first-order valence-electron chi connectivity index (χ1n) is 8.40. The van der Waals surface area contributed by atoms with Gasteiger partial charge in [-0.15, -0.1) is 0 Å². The molecule has 0 saturated carbocycles. The molecule has 0 unspecified atom stereocenters. The summed E-state index contributed by atoms with van der Waals surface area (Å²) in [5, 5.41) is 11.6. The van der Waals surface area contributed by atoms with Crippen molar-refractivity contribution in [2.75, 3.05) is 13.1 Å². The molecule has 0 spiro atoms. The maximum absolute atomic E-state index is 12.3. The van der Waals surface area contributed by atoms with Crippen LogP contribution in [-0.2, 0) is 22.6 Å². The number of benzene rings is 2. The molecule has 136 valence electrons. The molecular weight excluding hydrogens is 332 g/mol. The van der Waals surface area contributed by atoms with Crippen LogP contribution in [0, 0.1) is 0 Å². The average Bonchev–Trinajstić information content (AvgIpc) is 2.65. The molecule has 0 aliphatic heterocycles. The molecule has 0 aliphatic rings. The molecule has 2 N–H and O–H groups in total. The Labute approximate surface area is 152 Å². The molecule has 0 fully saturated rings. The standard InChI is InChI=1S/C20H22N2O4/c1-2-22(14-15-7-4-3-5-8-15)19(24)13-21-18(23)12-16-9-6-10-17(11-16)20(25)26/h3-11H,2,12-14H2,1H3,(H,21,23)(H,25,26). The van der Waals surface area contributed by atoms with Gasteiger partial charge in [-0.05, 0) is 30.2 Å². The van der Waals surface area contributed by atoms with Gasteiger partial charge in [0.05, 0.1) is 18.5 Å². The van der Waals surface area contributed by atoms with Crippen LogP contribution < -0.4 is 5.32 Å². The van der Waals surface area contributed by atoms with Crippen LogP contribution in [0.1, 0.15) is 28.4 Å². The van der Waals surface area contributed by atoms with Crippen LogP contribution in [-0.4, -0.2) is 40.9 Å². The molecule has 6 heteroatoms. The van der Waals surface area contributed by atoms with Crippen molar-refractivity contribution in [3.8, 4) is 0 Å². The van der Waals surface area contributed by atoms with Gasteiger partial charge in [-0.1, -0.05) is 42.5 Å². The highest BCUT2D eigenvalue weighted by molar-refractivity contribution is 5.89. The van der Waals surface area contributed by atoms with Gasteiger partial charge in [-0.3, -0.25) is 9.59 Å². The van der Waals surface area contributed by atoms with Crippen LogP contribution in [0.3, 0.4) is 0 Å². The lowest BCUT2D eigenvalue weighted by Gasteiger charge is -2.21. The molecule has 0 bridgehead atoms. The number of hydrogen-bond donors (Lipinski definition) is 2. The van der Waals surface area contributed by atoms with Crippen LogP contribution in [0.5, 0.6) is 0 Å². The third kappa shape index (κ3) is 5.73. The van der Waals surface area contributed by atoms with Crippen LogP contribution in [0.25, 0.3) is 0 Å². The van der Waals surface area contributed by atoms with Gasteiger partial charge < -0.3 is 15.3 Å². The van der Waals surface area contributed by atoms with Gasteiger partial charge in [0.2, 0.25) is 11.8 Å². The van der Waals surface area contributed by atoms with Crippen molar-refractivity contribution in [1.29, 1.82) is 0 Å². The number of carbonyl (C=O) groups excluding carboxylic acids is 2. The summed E-state index contributed by atoms with van der Waals surface area (Å²) >= 11 is 0. The van der Waals surface area contributed by atoms with Crippen LogP contribution in [0.15, 0.2) is 54.6 Å². The zero-order valence-corrected chi connectivity index (χ0v) is 14.6. The first kappa shape index (κ1) is 19.2. The molecule has 0 saturated heterocycles. The van der Waals surface area contributed by atoms with Crippen molar-refractivity contribution in [3.05, 3.63) is 71.3 Å². The summed E-state index contributed by atoms with van der Waals surface area (Å²) < 4.78 is 0. The van der Waals surface area contributed by atoms with E-state index in [2.05, 4.69) is 5.32 Å². The molecule has 0 heterocycles. The fourth-order valence-electron chi connectivity index (χ4n) is 2.53. The van der Waals surface area contributed by atoms with Gasteiger partial charge in [0.1, 0.15) is 0 Å². The minimum Gasteiger partial charge on any atom is -0.478 e. The lowest BCUT2D eigenvalue weighted by molar-refractivity contribution is -0.133. The number of carbonyl (C=O) groups is 3. The van der Waals surface area contributed by atoms with Crippen molar-refractivity contribution >= 4 is 17.8 Å². The highest BCUT2D eigenvalue weighted by atomic mass is 16.4. The molecule has 2 aromatic carbocycles. The molecular formula is C20H22N2O4. The number of likely N-dealkylation sites (N-methyl/N-ethyl adjacent to an activating group) is 1. The zero-order chi connectivity index (χ0) is 18.9.